The number of benzene rings is 2. The van der Waals surface area contributed by atoms with E-state index in [4.69, 9.17) is 0 Å². The number of ether oxygens (including phenoxy) is 1. The zero-order chi connectivity index (χ0) is 18.0. The molecule has 2 aromatic rings. The molecule has 0 saturated carbocycles. The summed E-state index contributed by atoms with van der Waals surface area (Å²) in [5, 5.41) is 9.33. The number of aromatic hydroxyl groups is 1. The Labute approximate surface area is 143 Å². The smallest absolute Gasteiger partial charge is 0.330 e. The molecule has 126 valence electrons. The van der Waals surface area contributed by atoms with Gasteiger partial charge in [0.2, 0.25) is 0 Å². The van der Waals surface area contributed by atoms with Crippen LogP contribution in [-0.2, 0) is 20.9 Å². The molecule has 1 aliphatic heterocycles. The minimum atomic E-state index is -0.600. The van der Waals surface area contributed by atoms with Crippen molar-refractivity contribution >= 4 is 29.4 Å². The molecule has 0 aromatic heterocycles. The summed E-state index contributed by atoms with van der Waals surface area (Å²) in [6, 6.07) is 11.4. The summed E-state index contributed by atoms with van der Waals surface area (Å²) in [6.07, 6.45) is 2.77. The Morgan fingerprint density at radius 2 is 1.88 bits per heavy atom. The zero-order valence-electron chi connectivity index (χ0n) is 13.4. The summed E-state index contributed by atoms with van der Waals surface area (Å²) >= 11 is 0. The molecule has 1 amide bonds. The molecular weight excluding hydrogens is 322 g/mol. The van der Waals surface area contributed by atoms with E-state index in [0.29, 0.717) is 16.8 Å². The van der Waals surface area contributed by atoms with Gasteiger partial charge >= 0.3 is 5.97 Å². The van der Waals surface area contributed by atoms with Crippen LogP contribution in [0.3, 0.4) is 0 Å². The van der Waals surface area contributed by atoms with Crippen LogP contribution in [0.1, 0.15) is 21.5 Å². The quantitative estimate of drug-likeness (QED) is 0.526. The fraction of sp³-hybridized carbons (Fsp3) is 0.105. The number of hydrogen-bond acceptors (Lipinski definition) is 5. The summed E-state index contributed by atoms with van der Waals surface area (Å²) < 4.78 is 4.52. The lowest BCUT2D eigenvalue weighted by molar-refractivity contribution is -0.134. The Balaban J connectivity index is 1.89. The maximum Gasteiger partial charge on any atom is 0.330 e. The molecule has 1 aliphatic rings. The Morgan fingerprint density at radius 3 is 2.56 bits per heavy atom. The molecule has 0 radical (unpaired) electrons. The minimum Gasteiger partial charge on any atom is -0.508 e. The summed E-state index contributed by atoms with van der Waals surface area (Å²) in [7, 11) is 1.28. The van der Waals surface area contributed by atoms with E-state index in [2.05, 4.69) is 4.74 Å². The number of Topliss-reactive ketones (excluding diaryl/α,β-unsaturated/α-hetero) is 1. The normalized spacial score (nSPS) is 13.4. The lowest BCUT2D eigenvalue weighted by Gasteiger charge is -2.16. The largest absolute Gasteiger partial charge is 0.508 e. The van der Waals surface area contributed by atoms with Gasteiger partial charge in [-0.3, -0.25) is 9.59 Å². The first-order valence-corrected chi connectivity index (χ1v) is 7.54. The van der Waals surface area contributed by atoms with Crippen molar-refractivity contribution in [1.29, 1.82) is 0 Å². The SMILES string of the molecule is COC(=O)/C=C/c1ccc2c(c1)C(=O)C(=O)N2Cc1ccc(O)cc1. The standard InChI is InChI=1S/C19H15NO5/c1-25-17(22)9-5-12-4-8-16-15(10-12)18(23)19(24)20(16)11-13-2-6-14(21)7-3-13/h2-10,21H,11H2,1H3/b9-5+. The van der Waals surface area contributed by atoms with Crippen LogP contribution < -0.4 is 4.90 Å². The molecule has 3 rings (SSSR count). The highest BCUT2D eigenvalue weighted by Crippen LogP contribution is 2.31. The highest BCUT2D eigenvalue weighted by atomic mass is 16.5. The molecule has 0 aliphatic carbocycles. The van der Waals surface area contributed by atoms with E-state index in [1.807, 2.05) is 0 Å². The van der Waals surface area contributed by atoms with Gasteiger partial charge in [-0.05, 0) is 41.5 Å². The third kappa shape index (κ3) is 3.28. The third-order valence-corrected chi connectivity index (χ3v) is 3.89. The fourth-order valence-electron chi connectivity index (χ4n) is 2.59. The van der Waals surface area contributed by atoms with Crippen molar-refractivity contribution in [2.24, 2.45) is 0 Å². The first-order valence-electron chi connectivity index (χ1n) is 7.54. The number of fused-ring (bicyclic) bond motifs is 1. The van der Waals surface area contributed by atoms with E-state index in [1.165, 1.54) is 36.3 Å². The van der Waals surface area contributed by atoms with Crippen LogP contribution in [0, 0.1) is 0 Å². The number of phenols is 1. The Morgan fingerprint density at radius 1 is 1.16 bits per heavy atom. The lowest BCUT2D eigenvalue weighted by atomic mass is 10.1. The zero-order valence-corrected chi connectivity index (χ0v) is 13.4. The van der Waals surface area contributed by atoms with Crippen molar-refractivity contribution in [3.63, 3.8) is 0 Å². The average molecular weight is 337 g/mol. The number of rotatable bonds is 4. The molecule has 2 aromatic carbocycles. The number of methoxy groups -OCH3 is 1. The molecule has 0 bridgehead atoms. The molecule has 0 spiro atoms. The molecule has 0 atom stereocenters. The molecule has 1 heterocycles. The highest BCUT2D eigenvalue weighted by molar-refractivity contribution is 6.52. The van der Waals surface area contributed by atoms with Crippen molar-refractivity contribution in [1.82, 2.24) is 0 Å². The predicted molar refractivity (Wildman–Crippen MR) is 91.1 cm³/mol. The van der Waals surface area contributed by atoms with E-state index in [9.17, 15) is 19.5 Å². The molecular formula is C19H15NO5. The van der Waals surface area contributed by atoms with Gasteiger partial charge in [0.1, 0.15) is 5.75 Å². The third-order valence-electron chi connectivity index (χ3n) is 3.89. The Bertz CT molecular complexity index is 883. The Hall–Kier alpha value is -3.41. The van der Waals surface area contributed by atoms with Crippen molar-refractivity contribution in [3.05, 3.63) is 65.2 Å². The van der Waals surface area contributed by atoms with Gasteiger partial charge in [-0.2, -0.15) is 0 Å². The van der Waals surface area contributed by atoms with Crippen LogP contribution in [0.25, 0.3) is 6.08 Å². The summed E-state index contributed by atoms with van der Waals surface area (Å²) in [5.74, 6) is -1.55. The van der Waals surface area contributed by atoms with E-state index in [0.717, 1.165) is 5.56 Å². The second kappa shape index (κ2) is 6.60. The summed E-state index contributed by atoms with van der Waals surface area (Å²) in [6.45, 7) is 0.231. The summed E-state index contributed by atoms with van der Waals surface area (Å²) in [5.41, 5.74) is 2.24. The van der Waals surface area contributed by atoms with Crippen molar-refractivity contribution in [2.45, 2.75) is 6.54 Å². The van der Waals surface area contributed by atoms with Gasteiger partial charge in [0.25, 0.3) is 11.7 Å². The van der Waals surface area contributed by atoms with E-state index in [1.54, 1.807) is 30.3 Å². The van der Waals surface area contributed by atoms with Gasteiger partial charge in [-0.25, -0.2) is 4.79 Å². The Kier molecular flexibility index (Phi) is 4.35. The van der Waals surface area contributed by atoms with Gasteiger partial charge in [-0.1, -0.05) is 18.2 Å². The molecule has 0 unspecified atom stereocenters. The number of hydrogen-bond donors (Lipinski definition) is 1. The van der Waals surface area contributed by atoms with Crippen LogP contribution in [0.5, 0.6) is 5.75 Å². The number of anilines is 1. The maximum absolute atomic E-state index is 12.3. The number of nitrogens with zero attached hydrogens (tertiary/aromatic N) is 1. The first-order chi connectivity index (χ1) is 12.0. The second-order valence-corrected chi connectivity index (χ2v) is 5.52. The average Bonchev–Trinajstić information content (AvgIpc) is 2.86. The van der Waals surface area contributed by atoms with Crippen LogP contribution in [0.15, 0.2) is 48.5 Å². The van der Waals surface area contributed by atoms with Crippen LogP contribution >= 0.6 is 0 Å². The number of amides is 1. The van der Waals surface area contributed by atoms with E-state index in [-0.39, 0.29) is 12.3 Å². The summed E-state index contributed by atoms with van der Waals surface area (Å²) in [4.78, 5) is 37.1. The van der Waals surface area contributed by atoms with Gasteiger partial charge < -0.3 is 14.7 Å². The molecule has 0 fully saturated rings. The first kappa shape index (κ1) is 16.4. The predicted octanol–water partition coefficient (Wildman–Crippen LogP) is 2.31. The van der Waals surface area contributed by atoms with Crippen molar-refractivity contribution < 1.29 is 24.2 Å². The number of ketones is 1. The van der Waals surface area contributed by atoms with Crippen molar-refractivity contribution in [2.75, 3.05) is 12.0 Å². The lowest BCUT2D eigenvalue weighted by Crippen LogP contribution is -2.29. The van der Waals surface area contributed by atoms with E-state index >= 15 is 0 Å². The molecule has 0 saturated heterocycles. The molecule has 25 heavy (non-hydrogen) atoms. The number of carbonyl (C=O) groups excluding carboxylic acids is 3. The number of phenolic OH excluding ortho intramolecular Hbond substituents is 1. The van der Waals surface area contributed by atoms with Crippen molar-refractivity contribution in [3.8, 4) is 5.75 Å². The monoisotopic (exact) mass is 337 g/mol. The maximum atomic E-state index is 12.3. The highest BCUT2D eigenvalue weighted by Gasteiger charge is 2.35. The second-order valence-electron chi connectivity index (χ2n) is 5.52. The molecule has 1 N–H and O–H groups in total. The van der Waals surface area contributed by atoms with Crippen LogP contribution in [-0.4, -0.2) is 29.9 Å². The number of esters is 1. The van der Waals surface area contributed by atoms with E-state index < -0.39 is 17.7 Å². The molecule has 6 nitrogen and oxygen atoms in total. The van der Waals surface area contributed by atoms with Gasteiger partial charge in [0.05, 0.1) is 24.9 Å². The number of carbonyl (C=O) groups is 3. The van der Waals surface area contributed by atoms with Crippen LogP contribution in [0.4, 0.5) is 5.69 Å². The van der Waals surface area contributed by atoms with Crippen LogP contribution in [0.2, 0.25) is 0 Å². The van der Waals surface area contributed by atoms with Gasteiger partial charge in [-0.15, -0.1) is 0 Å². The minimum absolute atomic E-state index is 0.134. The van der Waals surface area contributed by atoms with Gasteiger partial charge in [0, 0.05) is 6.08 Å². The molecule has 6 heteroatoms. The fourth-order valence-corrected chi connectivity index (χ4v) is 2.59. The van der Waals surface area contributed by atoms with Gasteiger partial charge in [0.15, 0.2) is 0 Å². The topological polar surface area (TPSA) is 83.9 Å².